The Morgan fingerprint density at radius 2 is 2.30 bits per heavy atom. The van der Waals surface area contributed by atoms with Crippen LogP contribution in [0, 0.1) is 0 Å². The monoisotopic (exact) mass is 350 g/mol. The van der Waals surface area contributed by atoms with Crippen LogP contribution in [0.4, 0.5) is 5.13 Å². The first-order valence-electron chi connectivity index (χ1n) is 7.32. The first kappa shape index (κ1) is 16.2. The van der Waals surface area contributed by atoms with Crippen LogP contribution in [0.2, 0.25) is 0 Å². The molecule has 2 aromatic rings. The molecule has 0 spiro atoms. The van der Waals surface area contributed by atoms with Crippen LogP contribution >= 0.6 is 23.1 Å². The molecular weight excluding hydrogens is 332 g/mol. The van der Waals surface area contributed by atoms with E-state index in [1.807, 2.05) is 11.6 Å². The molecule has 3 rings (SSSR count). The van der Waals surface area contributed by atoms with Crippen molar-refractivity contribution in [1.82, 2.24) is 15.3 Å². The highest BCUT2D eigenvalue weighted by atomic mass is 32.2. The molecule has 23 heavy (non-hydrogen) atoms. The number of aromatic nitrogens is 2. The molecule has 0 bridgehead atoms. The average molecular weight is 350 g/mol. The maximum absolute atomic E-state index is 12.3. The Labute approximate surface area is 143 Å². The number of amides is 1. The summed E-state index contributed by atoms with van der Waals surface area (Å²) >= 11 is 3.07. The summed E-state index contributed by atoms with van der Waals surface area (Å²) in [4.78, 5) is 23.3. The maximum Gasteiger partial charge on any atom is 0.254 e. The van der Waals surface area contributed by atoms with Gasteiger partial charge in [0.1, 0.15) is 5.03 Å². The Balaban J connectivity index is 1.60. The number of carbonyl (C=O) groups is 1. The van der Waals surface area contributed by atoms with Crippen LogP contribution < -0.4 is 10.2 Å². The zero-order valence-corrected chi connectivity index (χ0v) is 14.5. The maximum atomic E-state index is 12.3. The van der Waals surface area contributed by atoms with Crippen LogP contribution in [0.5, 0.6) is 0 Å². The first-order chi connectivity index (χ1) is 11.3. The molecule has 0 radical (unpaired) electrons. The van der Waals surface area contributed by atoms with Crippen molar-refractivity contribution in [3.63, 3.8) is 0 Å². The van der Waals surface area contributed by atoms with Crippen molar-refractivity contribution in [1.29, 1.82) is 0 Å². The van der Waals surface area contributed by atoms with Crippen LogP contribution in [0.1, 0.15) is 16.1 Å². The van der Waals surface area contributed by atoms with E-state index in [1.165, 1.54) is 11.8 Å². The second-order valence-electron chi connectivity index (χ2n) is 4.96. The number of anilines is 1. The number of rotatable bonds is 5. The van der Waals surface area contributed by atoms with E-state index in [-0.39, 0.29) is 5.91 Å². The molecule has 0 unspecified atom stereocenters. The number of morpholine rings is 1. The molecule has 0 saturated carbocycles. The summed E-state index contributed by atoms with van der Waals surface area (Å²) in [6, 6.07) is 3.56. The Hall–Kier alpha value is -1.64. The summed E-state index contributed by atoms with van der Waals surface area (Å²) in [6.07, 6.45) is 3.60. The fourth-order valence-electron chi connectivity index (χ4n) is 2.27. The Kier molecular flexibility index (Phi) is 5.47. The lowest BCUT2D eigenvalue weighted by Gasteiger charge is -2.26. The molecule has 0 aliphatic carbocycles. The first-order valence-corrected chi connectivity index (χ1v) is 9.42. The van der Waals surface area contributed by atoms with E-state index < -0.39 is 0 Å². The van der Waals surface area contributed by atoms with Gasteiger partial charge in [0.05, 0.1) is 31.0 Å². The fourth-order valence-corrected chi connectivity index (χ4v) is 3.70. The molecule has 1 saturated heterocycles. The third kappa shape index (κ3) is 4.01. The summed E-state index contributed by atoms with van der Waals surface area (Å²) in [6.45, 7) is 3.63. The zero-order valence-electron chi connectivity index (χ0n) is 12.8. The van der Waals surface area contributed by atoms with Crippen molar-refractivity contribution in [3.05, 3.63) is 35.0 Å². The molecule has 8 heteroatoms. The summed E-state index contributed by atoms with van der Waals surface area (Å²) < 4.78 is 5.35. The number of thioether (sulfide) groups is 1. The third-order valence-corrected chi connectivity index (χ3v) is 5.12. The highest BCUT2D eigenvalue weighted by Crippen LogP contribution is 2.21. The second kappa shape index (κ2) is 7.76. The molecule has 6 nitrogen and oxygen atoms in total. The molecule has 1 N–H and O–H groups in total. The highest BCUT2D eigenvalue weighted by Gasteiger charge is 2.16. The van der Waals surface area contributed by atoms with Crippen molar-refractivity contribution in [2.75, 3.05) is 37.5 Å². The largest absolute Gasteiger partial charge is 0.378 e. The number of hydrogen-bond acceptors (Lipinski definition) is 7. The van der Waals surface area contributed by atoms with Gasteiger partial charge in [0.2, 0.25) is 0 Å². The van der Waals surface area contributed by atoms with Crippen molar-refractivity contribution in [3.8, 4) is 0 Å². The number of carbonyl (C=O) groups excluding carboxylic acids is 1. The third-order valence-electron chi connectivity index (χ3n) is 3.46. The standard InChI is InChI=1S/C15H18N4O2S2/c1-22-14-12(3-2-4-16-14)13(20)17-9-11-10-23-15(18-11)19-5-7-21-8-6-19/h2-4,10H,5-9H2,1H3,(H,17,20). The molecule has 122 valence electrons. The predicted octanol–water partition coefficient (Wildman–Crippen LogP) is 2.03. The summed E-state index contributed by atoms with van der Waals surface area (Å²) in [5, 5.41) is 6.63. The predicted molar refractivity (Wildman–Crippen MR) is 92.3 cm³/mol. The van der Waals surface area contributed by atoms with Crippen LogP contribution in [-0.4, -0.2) is 48.4 Å². The van der Waals surface area contributed by atoms with Gasteiger partial charge in [-0.2, -0.15) is 0 Å². The second-order valence-corrected chi connectivity index (χ2v) is 6.60. The number of thiazole rings is 1. The molecule has 1 aliphatic heterocycles. The lowest BCUT2D eigenvalue weighted by atomic mass is 10.2. The SMILES string of the molecule is CSc1ncccc1C(=O)NCc1csc(N2CCOCC2)n1. The molecule has 0 atom stereocenters. The smallest absolute Gasteiger partial charge is 0.254 e. The van der Waals surface area contributed by atoms with Gasteiger partial charge in [0.15, 0.2) is 5.13 Å². The van der Waals surface area contributed by atoms with Gasteiger partial charge in [-0.1, -0.05) is 0 Å². The van der Waals surface area contributed by atoms with Gasteiger partial charge in [0, 0.05) is 24.7 Å². The van der Waals surface area contributed by atoms with Crippen molar-refractivity contribution >= 4 is 34.1 Å². The van der Waals surface area contributed by atoms with E-state index in [2.05, 4.69) is 20.2 Å². The minimum atomic E-state index is -0.122. The van der Waals surface area contributed by atoms with Crippen molar-refractivity contribution in [2.45, 2.75) is 11.6 Å². The number of ether oxygens (including phenoxy) is 1. The number of nitrogens with one attached hydrogen (secondary N) is 1. The van der Waals surface area contributed by atoms with E-state index in [0.29, 0.717) is 12.1 Å². The van der Waals surface area contributed by atoms with Crippen molar-refractivity contribution in [2.24, 2.45) is 0 Å². The van der Waals surface area contributed by atoms with Crippen LogP contribution in [0.25, 0.3) is 0 Å². The van der Waals surface area contributed by atoms with Gasteiger partial charge in [-0.3, -0.25) is 4.79 Å². The number of pyridine rings is 1. The van der Waals surface area contributed by atoms with Gasteiger partial charge in [0.25, 0.3) is 5.91 Å². The van der Waals surface area contributed by atoms with E-state index in [9.17, 15) is 4.79 Å². The summed E-state index contributed by atoms with van der Waals surface area (Å²) in [5.74, 6) is -0.122. The van der Waals surface area contributed by atoms with Gasteiger partial charge in [-0.25, -0.2) is 9.97 Å². The lowest BCUT2D eigenvalue weighted by Crippen LogP contribution is -2.36. The molecule has 1 fully saturated rings. The van der Waals surface area contributed by atoms with E-state index >= 15 is 0 Å². The normalized spacial score (nSPS) is 14.7. The highest BCUT2D eigenvalue weighted by molar-refractivity contribution is 7.98. The quantitative estimate of drug-likeness (QED) is 0.832. The van der Waals surface area contributed by atoms with Crippen molar-refractivity contribution < 1.29 is 9.53 Å². The Bertz CT molecular complexity index is 671. The fraction of sp³-hybridized carbons (Fsp3) is 0.400. The van der Waals surface area contributed by atoms with Gasteiger partial charge >= 0.3 is 0 Å². The van der Waals surface area contributed by atoms with E-state index in [0.717, 1.165) is 42.2 Å². The topological polar surface area (TPSA) is 67.4 Å². The van der Waals surface area contributed by atoms with E-state index in [4.69, 9.17) is 4.74 Å². The van der Waals surface area contributed by atoms with E-state index in [1.54, 1.807) is 29.7 Å². The molecule has 2 aromatic heterocycles. The molecular formula is C15H18N4O2S2. The number of hydrogen-bond donors (Lipinski definition) is 1. The minimum Gasteiger partial charge on any atom is -0.378 e. The summed E-state index contributed by atoms with van der Waals surface area (Å²) in [5.41, 5.74) is 1.48. The van der Waals surface area contributed by atoms with Crippen LogP contribution in [-0.2, 0) is 11.3 Å². The average Bonchev–Trinajstić information content (AvgIpc) is 3.09. The van der Waals surface area contributed by atoms with Gasteiger partial charge in [-0.05, 0) is 18.4 Å². The van der Waals surface area contributed by atoms with Gasteiger partial charge in [-0.15, -0.1) is 23.1 Å². The Morgan fingerprint density at radius 1 is 1.48 bits per heavy atom. The lowest BCUT2D eigenvalue weighted by molar-refractivity contribution is 0.0947. The zero-order chi connectivity index (χ0) is 16.1. The molecule has 1 amide bonds. The van der Waals surface area contributed by atoms with Crippen LogP contribution in [0.15, 0.2) is 28.7 Å². The Morgan fingerprint density at radius 3 is 3.09 bits per heavy atom. The molecule has 0 aromatic carbocycles. The molecule has 1 aliphatic rings. The minimum absolute atomic E-state index is 0.122. The van der Waals surface area contributed by atoms with Crippen LogP contribution in [0.3, 0.4) is 0 Å². The summed E-state index contributed by atoms with van der Waals surface area (Å²) in [7, 11) is 0. The molecule has 3 heterocycles. The van der Waals surface area contributed by atoms with Gasteiger partial charge < -0.3 is 15.0 Å². The number of nitrogens with zero attached hydrogens (tertiary/aromatic N) is 3.